The van der Waals surface area contributed by atoms with Gasteiger partial charge in [0.25, 0.3) is 0 Å². The number of anilines is 2. The lowest BCUT2D eigenvalue weighted by molar-refractivity contribution is -0.130. The molecular formula is C33H36ClFN6O3S. The van der Waals surface area contributed by atoms with E-state index in [1.165, 1.54) is 16.4 Å². The smallest absolute Gasteiger partial charge is 0.349 e. The first-order chi connectivity index (χ1) is 21.4. The van der Waals surface area contributed by atoms with Crippen molar-refractivity contribution >= 4 is 45.1 Å². The number of rotatable bonds is 6. The number of carbonyl (C=O) groups excluding carboxylic acids is 1. The fraction of sp³-hybridized carbons (Fsp3) is 0.364. The predicted molar refractivity (Wildman–Crippen MR) is 176 cm³/mol. The lowest BCUT2D eigenvalue weighted by atomic mass is 10.0. The van der Waals surface area contributed by atoms with Crippen molar-refractivity contribution in [1.29, 1.82) is 0 Å². The first-order valence-corrected chi connectivity index (χ1v) is 16.7. The highest BCUT2D eigenvalue weighted by molar-refractivity contribution is 7.92. The Balaban J connectivity index is 1.55. The third kappa shape index (κ3) is 5.84. The highest BCUT2D eigenvalue weighted by atomic mass is 35.5. The Hall–Kier alpha value is -3.80. The number of aromatic nitrogens is 1. The van der Waals surface area contributed by atoms with Crippen LogP contribution in [0.2, 0.25) is 5.02 Å². The van der Waals surface area contributed by atoms with Crippen molar-refractivity contribution in [2.45, 2.75) is 51.2 Å². The molecule has 2 fully saturated rings. The summed E-state index contributed by atoms with van der Waals surface area (Å²) < 4.78 is 49.3. The van der Waals surface area contributed by atoms with Crippen molar-refractivity contribution in [3.63, 3.8) is 0 Å². The molecule has 2 aliphatic heterocycles. The van der Waals surface area contributed by atoms with E-state index in [-0.39, 0.29) is 51.8 Å². The maximum Gasteiger partial charge on any atom is 0.352 e. The van der Waals surface area contributed by atoms with E-state index in [1.807, 2.05) is 45.0 Å². The number of fused-ring (bicyclic) bond motifs is 1. The Morgan fingerprint density at radius 2 is 1.82 bits per heavy atom. The van der Waals surface area contributed by atoms with Gasteiger partial charge in [-0.3, -0.25) is 4.79 Å². The maximum atomic E-state index is 15.1. The number of amidine groups is 1. The molecule has 3 aliphatic rings. The first kappa shape index (κ1) is 31.2. The quantitative estimate of drug-likeness (QED) is 0.317. The zero-order valence-corrected chi connectivity index (χ0v) is 27.3. The summed E-state index contributed by atoms with van der Waals surface area (Å²) in [5.74, 6) is -0.209. The zero-order valence-electron chi connectivity index (χ0n) is 25.7. The van der Waals surface area contributed by atoms with Gasteiger partial charge in [-0.2, -0.15) is 8.42 Å². The fourth-order valence-electron chi connectivity index (χ4n) is 6.21. The molecule has 6 rings (SSSR count). The summed E-state index contributed by atoms with van der Waals surface area (Å²) in [6.07, 6.45) is 3.18. The van der Waals surface area contributed by atoms with Crippen molar-refractivity contribution in [1.82, 2.24) is 19.7 Å². The van der Waals surface area contributed by atoms with Gasteiger partial charge in [0.1, 0.15) is 5.82 Å². The van der Waals surface area contributed by atoms with E-state index in [0.29, 0.717) is 30.9 Å². The molecule has 1 saturated carbocycles. The number of halogens is 2. The summed E-state index contributed by atoms with van der Waals surface area (Å²) in [7, 11) is -0.406. The van der Waals surface area contributed by atoms with Crippen molar-refractivity contribution in [2.75, 3.05) is 31.5 Å². The number of carbonyl (C=O) groups is 1. The Morgan fingerprint density at radius 1 is 1.09 bits per heavy atom. The van der Waals surface area contributed by atoms with Gasteiger partial charge in [-0.1, -0.05) is 42.4 Å². The van der Waals surface area contributed by atoms with E-state index in [2.05, 4.69) is 21.9 Å². The number of pyridine rings is 1. The number of hydrogen-bond donors (Lipinski definition) is 0. The highest BCUT2D eigenvalue weighted by Gasteiger charge is 2.43. The molecule has 9 nitrogen and oxygen atoms in total. The van der Waals surface area contributed by atoms with Gasteiger partial charge in [-0.05, 0) is 88.2 Å². The summed E-state index contributed by atoms with van der Waals surface area (Å²) in [4.78, 5) is 23.0. The Bertz CT molecular complexity index is 1830. The summed E-state index contributed by atoms with van der Waals surface area (Å²) in [5.41, 5.74) is 3.15. The van der Waals surface area contributed by atoms with Crippen molar-refractivity contribution in [2.24, 2.45) is 4.40 Å². The van der Waals surface area contributed by atoms with Gasteiger partial charge in [0, 0.05) is 37.3 Å². The molecule has 1 amide bonds. The number of hydrogen-bond acceptors (Lipinski definition) is 6. The molecule has 45 heavy (non-hydrogen) atoms. The molecule has 12 heteroatoms. The summed E-state index contributed by atoms with van der Waals surface area (Å²) >= 11 is 6.81. The van der Waals surface area contributed by atoms with E-state index in [0.717, 1.165) is 24.0 Å². The molecule has 1 aromatic heterocycles. The SMILES string of the molecule is C=CC(=O)N1CC(C)N(C2=NS(=O)(=O)N(c3ccc(CN(C)C)cc3C3CC3)c3nc(-c4ccccc4F)c(Cl)cc32)CC1C. The van der Waals surface area contributed by atoms with E-state index in [1.54, 1.807) is 29.2 Å². The van der Waals surface area contributed by atoms with E-state index < -0.39 is 16.0 Å². The average Bonchev–Trinajstić information content (AvgIpc) is 3.83. The van der Waals surface area contributed by atoms with Gasteiger partial charge in [0.05, 0.1) is 22.0 Å². The summed E-state index contributed by atoms with van der Waals surface area (Å²) in [6.45, 7) is 8.80. The molecule has 0 N–H and O–H groups in total. The van der Waals surface area contributed by atoms with E-state index in [9.17, 15) is 13.2 Å². The topological polar surface area (TPSA) is 89.4 Å². The monoisotopic (exact) mass is 650 g/mol. The van der Waals surface area contributed by atoms with Crippen LogP contribution in [0.4, 0.5) is 15.9 Å². The van der Waals surface area contributed by atoms with Gasteiger partial charge >= 0.3 is 10.2 Å². The minimum Gasteiger partial charge on any atom is -0.349 e. The van der Waals surface area contributed by atoms with Gasteiger partial charge in [-0.15, -0.1) is 4.40 Å². The van der Waals surface area contributed by atoms with Gasteiger partial charge in [0.15, 0.2) is 11.7 Å². The molecule has 0 spiro atoms. The molecule has 236 valence electrons. The second-order valence-electron chi connectivity index (χ2n) is 12.3. The second kappa shape index (κ2) is 11.9. The van der Waals surface area contributed by atoms with Crippen LogP contribution in [0.25, 0.3) is 11.3 Å². The standard InChI is InChI=1S/C33H36ClFN6O3S/c1-6-30(42)39-17-21(3)40(18-20(39)2)33-26-16-27(34)31(24-9-7-8-10-28(24)35)36-32(26)41(45(43,44)37-33)29-14-11-22(19-38(4)5)15-25(29)23-12-13-23/h6-11,14-16,20-21,23H,1,12-13,17-19H2,2-5H3. The van der Waals surface area contributed by atoms with Gasteiger partial charge in [0.2, 0.25) is 5.91 Å². The third-order valence-corrected chi connectivity index (χ3v) is 10.0. The molecule has 3 heterocycles. The van der Waals surface area contributed by atoms with Crippen LogP contribution >= 0.6 is 11.6 Å². The average molecular weight is 651 g/mol. The van der Waals surface area contributed by atoms with Crippen molar-refractivity contribution < 1.29 is 17.6 Å². The van der Waals surface area contributed by atoms with Crippen LogP contribution in [0.5, 0.6) is 0 Å². The molecule has 2 atom stereocenters. The predicted octanol–water partition coefficient (Wildman–Crippen LogP) is 5.73. The van der Waals surface area contributed by atoms with Crippen LogP contribution in [0.1, 0.15) is 49.3 Å². The lowest BCUT2D eigenvalue weighted by Crippen LogP contribution is -2.60. The highest BCUT2D eigenvalue weighted by Crippen LogP contribution is 2.49. The van der Waals surface area contributed by atoms with Crippen LogP contribution in [-0.4, -0.2) is 79.1 Å². The van der Waals surface area contributed by atoms with E-state index >= 15 is 4.39 Å². The normalized spacial score (nSPS) is 21.0. The summed E-state index contributed by atoms with van der Waals surface area (Å²) in [5, 5.41) is 0.163. The third-order valence-electron chi connectivity index (χ3n) is 8.49. The minimum absolute atomic E-state index is 0.106. The zero-order chi connectivity index (χ0) is 32.2. The van der Waals surface area contributed by atoms with E-state index in [4.69, 9.17) is 16.6 Å². The Kier molecular flexibility index (Phi) is 8.21. The van der Waals surface area contributed by atoms with Gasteiger partial charge in [-0.25, -0.2) is 13.7 Å². The molecule has 1 aliphatic carbocycles. The van der Waals surface area contributed by atoms with Crippen LogP contribution in [0.15, 0.2) is 65.6 Å². The molecule has 3 aromatic rings. The maximum absolute atomic E-state index is 15.1. The number of piperazine rings is 1. The largest absolute Gasteiger partial charge is 0.352 e. The molecule has 0 bridgehead atoms. The molecular weight excluding hydrogens is 615 g/mol. The van der Waals surface area contributed by atoms with Crippen LogP contribution in [0, 0.1) is 5.82 Å². The Labute approximate surface area is 268 Å². The Morgan fingerprint density at radius 3 is 2.49 bits per heavy atom. The molecule has 0 radical (unpaired) electrons. The number of nitrogens with zero attached hydrogens (tertiary/aromatic N) is 6. The molecule has 1 saturated heterocycles. The second-order valence-corrected chi connectivity index (χ2v) is 14.1. The first-order valence-electron chi connectivity index (χ1n) is 15.0. The number of benzene rings is 2. The minimum atomic E-state index is -4.38. The van der Waals surface area contributed by atoms with Crippen molar-refractivity contribution in [3.05, 3.63) is 88.7 Å². The van der Waals surface area contributed by atoms with Gasteiger partial charge < -0.3 is 14.7 Å². The van der Waals surface area contributed by atoms with Crippen molar-refractivity contribution in [3.8, 4) is 11.3 Å². The summed E-state index contributed by atoms with van der Waals surface area (Å²) in [6, 6.07) is 13.0. The molecule has 2 aromatic carbocycles. The molecule has 2 unspecified atom stereocenters. The lowest BCUT2D eigenvalue weighted by Gasteiger charge is -2.46. The van der Waals surface area contributed by atoms with Crippen LogP contribution < -0.4 is 4.31 Å². The fourth-order valence-corrected chi connectivity index (χ4v) is 7.74. The number of amides is 1. The van der Waals surface area contributed by atoms with Crippen LogP contribution in [-0.2, 0) is 21.5 Å². The van der Waals surface area contributed by atoms with Crippen LogP contribution in [0.3, 0.4) is 0 Å².